The fraction of sp³-hybridized carbons (Fsp3) is 0.235. The summed E-state index contributed by atoms with van der Waals surface area (Å²) < 4.78 is 1.28. The van der Waals surface area contributed by atoms with Crippen LogP contribution < -0.4 is 10.5 Å². The van der Waals surface area contributed by atoms with Crippen molar-refractivity contribution in [3.8, 4) is 0 Å². The molecule has 0 fully saturated rings. The summed E-state index contributed by atoms with van der Waals surface area (Å²) in [6, 6.07) is 7.46. The molecule has 0 spiro atoms. The van der Waals surface area contributed by atoms with Crippen LogP contribution in [-0.4, -0.2) is 27.4 Å². The van der Waals surface area contributed by atoms with Crippen LogP contribution in [0.5, 0.6) is 0 Å². The number of aromatic nitrogens is 2. The molecule has 0 radical (unpaired) electrons. The van der Waals surface area contributed by atoms with E-state index in [1.807, 2.05) is 13.0 Å². The zero-order chi connectivity index (χ0) is 18.8. The maximum absolute atomic E-state index is 12.6. The molecule has 9 heteroatoms. The second-order valence-electron chi connectivity index (χ2n) is 5.69. The van der Waals surface area contributed by atoms with Gasteiger partial charge >= 0.3 is 0 Å². The van der Waals surface area contributed by atoms with Crippen LogP contribution >= 0.6 is 11.3 Å². The zero-order valence-corrected chi connectivity index (χ0v) is 15.0. The second kappa shape index (κ2) is 7.04. The first-order chi connectivity index (χ1) is 12.4. The third-order valence-corrected chi connectivity index (χ3v) is 5.23. The Morgan fingerprint density at radius 2 is 2.04 bits per heavy atom. The van der Waals surface area contributed by atoms with E-state index >= 15 is 0 Å². The standard InChI is InChI=1S/C17H16N4O4S/c1-3-13-8-14-16(26-13)18-10-20(17(14)23)9-15(22)19(2)11-4-6-12(7-5-11)21(24)25/h4-8,10H,3,9H2,1-2H3. The molecular weight excluding hydrogens is 356 g/mol. The highest BCUT2D eigenvalue weighted by atomic mass is 32.1. The minimum Gasteiger partial charge on any atom is -0.314 e. The number of anilines is 1. The molecule has 0 atom stereocenters. The first kappa shape index (κ1) is 17.7. The zero-order valence-electron chi connectivity index (χ0n) is 14.2. The second-order valence-corrected chi connectivity index (χ2v) is 6.80. The number of aryl methyl sites for hydroxylation is 1. The number of fused-ring (bicyclic) bond motifs is 1. The van der Waals surface area contributed by atoms with E-state index in [1.54, 1.807) is 7.05 Å². The lowest BCUT2D eigenvalue weighted by atomic mass is 10.2. The first-order valence-electron chi connectivity index (χ1n) is 7.89. The molecule has 8 nitrogen and oxygen atoms in total. The van der Waals surface area contributed by atoms with Crippen molar-refractivity contribution >= 4 is 38.8 Å². The average molecular weight is 372 g/mol. The lowest BCUT2D eigenvalue weighted by Crippen LogP contribution is -2.33. The number of non-ortho nitro benzene ring substituents is 1. The van der Waals surface area contributed by atoms with Crippen LogP contribution in [0.4, 0.5) is 11.4 Å². The summed E-state index contributed by atoms with van der Waals surface area (Å²) in [5, 5.41) is 11.2. The Morgan fingerprint density at radius 3 is 2.65 bits per heavy atom. The molecule has 0 saturated heterocycles. The number of benzene rings is 1. The molecule has 0 aliphatic rings. The number of hydrogen-bond donors (Lipinski definition) is 0. The van der Waals surface area contributed by atoms with Gasteiger partial charge in [-0.3, -0.25) is 24.3 Å². The van der Waals surface area contributed by atoms with Gasteiger partial charge in [0.05, 0.1) is 16.6 Å². The number of nitro groups is 1. The van der Waals surface area contributed by atoms with Crippen molar-refractivity contribution in [2.24, 2.45) is 0 Å². The van der Waals surface area contributed by atoms with Gasteiger partial charge < -0.3 is 4.90 Å². The number of rotatable bonds is 5. The fourth-order valence-corrected chi connectivity index (χ4v) is 3.42. The minimum atomic E-state index is -0.503. The van der Waals surface area contributed by atoms with Crippen LogP contribution in [0.2, 0.25) is 0 Å². The quantitative estimate of drug-likeness (QED) is 0.506. The first-order valence-corrected chi connectivity index (χ1v) is 8.71. The molecule has 0 N–H and O–H groups in total. The van der Waals surface area contributed by atoms with Crippen molar-refractivity contribution in [1.82, 2.24) is 9.55 Å². The highest BCUT2D eigenvalue weighted by Gasteiger charge is 2.16. The van der Waals surface area contributed by atoms with Gasteiger partial charge in [-0.05, 0) is 24.6 Å². The van der Waals surface area contributed by atoms with E-state index in [0.29, 0.717) is 15.9 Å². The van der Waals surface area contributed by atoms with E-state index in [0.717, 1.165) is 11.3 Å². The van der Waals surface area contributed by atoms with Crippen LogP contribution in [0.3, 0.4) is 0 Å². The Kier molecular flexibility index (Phi) is 4.81. The summed E-state index contributed by atoms with van der Waals surface area (Å²) in [4.78, 5) is 42.6. The molecule has 0 bridgehead atoms. The number of carbonyl (C=O) groups excluding carboxylic acids is 1. The Balaban J connectivity index is 1.82. The molecule has 0 saturated carbocycles. The molecule has 134 valence electrons. The number of hydrogen-bond acceptors (Lipinski definition) is 6. The van der Waals surface area contributed by atoms with Crippen LogP contribution in [0.1, 0.15) is 11.8 Å². The molecule has 1 amide bonds. The summed E-state index contributed by atoms with van der Waals surface area (Å²) in [5.74, 6) is -0.326. The predicted octanol–water partition coefficient (Wildman–Crippen LogP) is 2.59. The maximum atomic E-state index is 12.6. The van der Waals surface area contributed by atoms with E-state index in [9.17, 15) is 19.7 Å². The number of nitro benzene ring substituents is 1. The average Bonchev–Trinajstić information content (AvgIpc) is 3.07. The smallest absolute Gasteiger partial charge is 0.269 e. The summed E-state index contributed by atoms with van der Waals surface area (Å²) in [6.45, 7) is 1.85. The monoisotopic (exact) mass is 372 g/mol. The molecule has 0 unspecified atom stereocenters. The number of likely N-dealkylation sites (N-methyl/N-ethyl adjacent to an activating group) is 1. The van der Waals surface area contributed by atoms with Gasteiger partial charge in [0, 0.05) is 29.7 Å². The van der Waals surface area contributed by atoms with Gasteiger partial charge in [-0.2, -0.15) is 0 Å². The minimum absolute atomic E-state index is 0.0512. The van der Waals surface area contributed by atoms with Gasteiger partial charge in [-0.15, -0.1) is 11.3 Å². The third kappa shape index (κ3) is 3.33. The normalized spacial score (nSPS) is 10.8. The molecule has 0 aliphatic carbocycles. The molecular formula is C17H16N4O4S. The van der Waals surface area contributed by atoms with Crippen LogP contribution in [0, 0.1) is 10.1 Å². The number of thiophene rings is 1. The summed E-state index contributed by atoms with van der Waals surface area (Å²) >= 11 is 1.47. The SMILES string of the molecule is CCc1cc2c(=O)n(CC(=O)N(C)c3ccc([N+](=O)[O-])cc3)cnc2s1. The molecule has 3 rings (SSSR count). The molecule has 1 aromatic carbocycles. The summed E-state index contributed by atoms with van der Waals surface area (Å²) in [6.07, 6.45) is 2.20. The van der Waals surface area contributed by atoms with Crippen molar-refractivity contribution in [2.75, 3.05) is 11.9 Å². The summed E-state index contributed by atoms with van der Waals surface area (Å²) in [5.41, 5.74) is 0.201. The summed E-state index contributed by atoms with van der Waals surface area (Å²) in [7, 11) is 1.56. The van der Waals surface area contributed by atoms with Crippen molar-refractivity contribution < 1.29 is 9.72 Å². The van der Waals surface area contributed by atoms with Gasteiger partial charge in [0.25, 0.3) is 11.2 Å². The Morgan fingerprint density at radius 1 is 1.35 bits per heavy atom. The van der Waals surface area contributed by atoms with E-state index < -0.39 is 4.92 Å². The Labute approximate surface area is 152 Å². The van der Waals surface area contributed by atoms with Gasteiger partial charge in [0.1, 0.15) is 11.4 Å². The van der Waals surface area contributed by atoms with Gasteiger partial charge in [-0.1, -0.05) is 6.92 Å². The van der Waals surface area contributed by atoms with Crippen LogP contribution in [0.25, 0.3) is 10.2 Å². The topological polar surface area (TPSA) is 98.3 Å². The van der Waals surface area contributed by atoms with E-state index in [4.69, 9.17) is 0 Å². The molecule has 0 aliphatic heterocycles. The third-order valence-electron chi connectivity index (χ3n) is 4.05. The van der Waals surface area contributed by atoms with Crippen molar-refractivity contribution in [3.05, 3.63) is 62.0 Å². The van der Waals surface area contributed by atoms with Gasteiger partial charge in [-0.25, -0.2) is 4.98 Å². The predicted molar refractivity (Wildman–Crippen MR) is 99.8 cm³/mol. The molecule has 3 aromatic rings. The van der Waals surface area contributed by atoms with Crippen molar-refractivity contribution in [3.63, 3.8) is 0 Å². The van der Waals surface area contributed by atoms with E-state index in [1.165, 1.54) is 51.4 Å². The van der Waals surface area contributed by atoms with Crippen molar-refractivity contribution in [2.45, 2.75) is 19.9 Å². The van der Waals surface area contributed by atoms with Crippen molar-refractivity contribution in [1.29, 1.82) is 0 Å². The van der Waals surface area contributed by atoms with Gasteiger partial charge in [0.2, 0.25) is 5.91 Å². The van der Waals surface area contributed by atoms with Crippen LogP contribution in [-0.2, 0) is 17.8 Å². The van der Waals surface area contributed by atoms with Crippen LogP contribution in [0.15, 0.2) is 41.5 Å². The number of amides is 1. The molecule has 2 heterocycles. The van der Waals surface area contributed by atoms with E-state index in [2.05, 4.69) is 4.98 Å². The lowest BCUT2D eigenvalue weighted by Gasteiger charge is -2.17. The lowest BCUT2D eigenvalue weighted by molar-refractivity contribution is -0.384. The molecule has 26 heavy (non-hydrogen) atoms. The highest BCUT2D eigenvalue weighted by molar-refractivity contribution is 7.18. The Bertz CT molecular complexity index is 1040. The largest absolute Gasteiger partial charge is 0.314 e. The highest BCUT2D eigenvalue weighted by Crippen LogP contribution is 2.21. The van der Waals surface area contributed by atoms with E-state index in [-0.39, 0.29) is 23.7 Å². The van der Waals surface area contributed by atoms with Gasteiger partial charge in [0.15, 0.2) is 0 Å². The molecule has 2 aromatic heterocycles. The number of nitrogens with zero attached hydrogens (tertiary/aromatic N) is 4. The number of carbonyl (C=O) groups is 1. The maximum Gasteiger partial charge on any atom is 0.269 e. The fourth-order valence-electron chi connectivity index (χ4n) is 2.49. The Hall–Kier alpha value is -3.07.